The fourth-order valence-corrected chi connectivity index (χ4v) is 1.96. The summed E-state index contributed by atoms with van der Waals surface area (Å²) in [5.74, 6) is 0.220. The fourth-order valence-electron chi connectivity index (χ4n) is 1.96. The first kappa shape index (κ1) is 13.9. The number of anilines is 1. The van der Waals surface area contributed by atoms with Gasteiger partial charge in [-0.25, -0.2) is 9.37 Å². The predicted octanol–water partition coefficient (Wildman–Crippen LogP) is 3.00. The molecule has 5 heteroatoms. The molecule has 0 aliphatic heterocycles. The van der Waals surface area contributed by atoms with Crippen molar-refractivity contribution in [3.63, 3.8) is 0 Å². The zero-order chi connectivity index (χ0) is 14.5. The smallest absolute Gasteiger partial charge is 0.147 e. The first-order chi connectivity index (χ1) is 9.69. The van der Waals surface area contributed by atoms with Crippen molar-refractivity contribution in [2.45, 2.75) is 13.8 Å². The lowest BCUT2D eigenvalue weighted by Gasteiger charge is -2.19. The highest BCUT2D eigenvalue weighted by Gasteiger charge is 2.09. The van der Waals surface area contributed by atoms with Crippen molar-refractivity contribution in [2.75, 3.05) is 18.0 Å². The molecule has 0 radical (unpaired) electrons. The summed E-state index contributed by atoms with van der Waals surface area (Å²) in [6, 6.07) is 6.25. The van der Waals surface area contributed by atoms with Crippen LogP contribution in [-0.4, -0.2) is 23.1 Å². The van der Waals surface area contributed by atoms with E-state index in [1.165, 1.54) is 12.1 Å². The number of nitrogens with zero attached hydrogens (tertiary/aromatic N) is 4. The molecule has 2 rings (SSSR count). The van der Waals surface area contributed by atoms with Gasteiger partial charge in [-0.05, 0) is 26.0 Å². The van der Waals surface area contributed by atoms with Crippen LogP contribution in [0.5, 0.6) is 0 Å². The average Bonchev–Trinajstić information content (AvgIpc) is 2.49. The SMILES string of the molecule is CCN(CC)c1cncc(-c2ccc(C#N)c(F)c2)n1. The lowest BCUT2D eigenvalue weighted by Crippen LogP contribution is -2.23. The third-order valence-electron chi connectivity index (χ3n) is 3.09. The van der Waals surface area contributed by atoms with Gasteiger partial charge in [-0.3, -0.25) is 4.98 Å². The van der Waals surface area contributed by atoms with Gasteiger partial charge >= 0.3 is 0 Å². The monoisotopic (exact) mass is 270 g/mol. The molecule has 4 nitrogen and oxygen atoms in total. The highest BCUT2D eigenvalue weighted by molar-refractivity contribution is 5.61. The summed E-state index contributed by atoms with van der Waals surface area (Å²) >= 11 is 0. The maximum atomic E-state index is 13.6. The topological polar surface area (TPSA) is 52.8 Å². The predicted molar refractivity (Wildman–Crippen MR) is 75.7 cm³/mol. The van der Waals surface area contributed by atoms with E-state index in [4.69, 9.17) is 5.26 Å². The van der Waals surface area contributed by atoms with Crippen molar-refractivity contribution in [1.29, 1.82) is 5.26 Å². The van der Waals surface area contributed by atoms with E-state index in [0.29, 0.717) is 11.3 Å². The summed E-state index contributed by atoms with van der Waals surface area (Å²) in [5, 5.41) is 8.74. The van der Waals surface area contributed by atoms with E-state index in [1.54, 1.807) is 24.5 Å². The molecule has 1 aromatic carbocycles. The molecule has 0 unspecified atom stereocenters. The van der Waals surface area contributed by atoms with Crippen molar-refractivity contribution in [3.8, 4) is 17.3 Å². The fraction of sp³-hybridized carbons (Fsp3) is 0.267. The third-order valence-corrected chi connectivity index (χ3v) is 3.09. The van der Waals surface area contributed by atoms with Gasteiger partial charge in [0.15, 0.2) is 0 Å². The van der Waals surface area contributed by atoms with E-state index in [2.05, 4.69) is 14.9 Å². The molecule has 0 saturated heterocycles. The molecule has 20 heavy (non-hydrogen) atoms. The van der Waals surface area contributed by atoms with Crippen molar-refractivity contribution < 1.29 is 4.39 Å². The number of rotatable bonds is 4. The minimum absolute atomic E-state index is 0.0293. The summed E-state index contributed by atoms with van der Waals surface area (Å²) in [6.45, 7) is 5.74. The van der Waals surface area contributed by atoms with Crippen LogP contribution in [0, 0.1) is 17.1 Å². The van der Waals surface area contributed by atoms with Crippen LogP contribution in [0.4, 0.5) is 10.2 Å². The molecular weight excluding hydrogens is 255 g/mol. The first-order valence-corrected chi connectivity index (χ1v) is 6.46. The summed E-state index contributed by atoms with van der Waals surface area (Å²) in [5.41, 5.74) is 1.24. The molecule has 0 amide bonds. The molecule has 0 N–H and O–H groups in total. The van der Waals surface area contributed by atoms with Gasteiger partial charge in [0.1, 0.15) is 17.7 Å². The van der Waals surface area contributed by atoms with E-state index < -0.39 is 5.82 Å². The van der Waals surface area contributed by atoms with E-state index in [0.717, 1.165) is 18.9 Å². The molecule has 1 heterocycles. The van der Waals surface area contributed by atoms with Gasteiger partial charge in [-0.15, -0.1) is 0 Å². The normalized spacial score (nSPS) is 10.1. The van der Waals surface area contributed by atoms with Crippen LogP contribution >= 0.6 is 0 Å². The largest absolute Gasteiger partial charge is 0.356 e. The Balaban J connectivity index is 2.41. The number of aromatic nitrogens is 2. The third kappa shape index (κ3) is 2.75. The highest BCUT2D eigenvalue weighted by Crippen LogP contribution is 2.21. The number of hydrogen-bond acceptors (Lipinski definition) is 4. The van der Waals surface area contributed by atoms with E-state index in [-0.39, 0.29) is 5.56 Å². The van der Waals surface area contributed by atoms with Gasteiger partial charge in [0.2, 0.25) is 0 Å². The molecule has 0 aliphatic carbocycles. The van der Waals surface area contributed by atoms with Crippen LogP contribution in [-0.2, 0) is 0 Å². The lowest BCUT2D eigenvalue weighted by atomic mass is 10.1. The Labute approximate surface area is 117 Å². The Morgan fingerprint density at radius 3 is 2.60 bits per heavy atom. The van der Waals surface area contributed by atoms with Gasteiger partial charge in [0.25, 0.3) is 0 Å². The molecule has 0 fully saturated rings. The van der Waals surface area contributed by atoms with Crippen LogP contribution in [0.3, 0.4) is 0 Å². The molecule has 0 bridgehead atoms. The van der Waals surface area contributed by atoms with E-state index in [9.17, 15) is 4.39 Å². The van der Waals surface area contributed by atoms with Crippen molar-refractivity contribution in [3.05, 3.63) is 42.0 Å². The molecule has 102 valence electrons. The Morgan fingerprint density at radius 1 is 1.25 bits per heavy atom. The summed E-state index contributed by atoms with van der Waals surface area (Å²) in [7, 11) is 0. The van der Waals surface area contributed by atoms with Crippen LogP contribution < -0.4 is 4.90 Å². The molecule has 0 saturated carbocycles. The zero-order valence-electron chi connectivity index (χ0n) is 11.5. The molecular formula is C15H15FN4. The van der Waals surface area contributed by atoms with Crippen LogP contribution in [0.1, 0.15) is 19.4 Å². The standard InChI is InChI=1S/C15H15FN4/c1-3-20(4-2)15-10-18-9-14(19-15)11-5-6-12(8-17)13(16)7-11/h5-7,9-10H,3-4H2,1-2H3. The number of halogens is 1. The van der Waals surface area contributed by atoms with Gasteiger partial charge in [0.05, 0.1) is 23.7 Å². The summed E-state index contributed by atoms with van der Waals surface area (Å²) < 4.78 is 13.6. The maximum Gasteiger partial charge on any atom is 0.147 e. The second kappa shape index (κ2) is 6.11. The maximum absolute atomic E-state index is 13.6. The number of hydrogen-bond donors (Lipinski definition) is 0. The number of nitriles is 1. The zero-order valence-corrected chi connectivity index (χ0v) is 11.5. The molecule has 2 aromatic rings. The summed E-state index contributed by atoms with van der Waals surface area (Å²) in [6.07, 6.45) is 3.28. The van der Waals surface area contributed by atoms with Gasteiger partial charge in [0, 0.05) is 18.7 Å². The van der Waals surface area contributed by atoms with Crippen molar-refractivity contribution in [2.24, 2.45) is 0 Å². The molecule has 0 spiro atoms. The average molecular weight is 270 g/mol. The lowest BCUT2D eigenvalue weighted by molar-refractivity contribution is 0.624. The minimum atomic E-state index is -0.542. The van der Waals surface area contributed by atoms with Crippen LogP contribution in [0.2, 0.25) is 0 Å². The Hall–Kier alpha value is -2.48. The number of benzene rings is 1. The molecule has 1 aromatic heterocycles. The quantitative estimate of drug-likeness (QED) is 0.857. The van der Waals surface area contributed by atoms with Crippen LogP contribution in [0.25, 0.3) is 11.3 Å². The Bertz CT molecular complexity index is 645. The Kier molecular flexibility index (Phi) is 4.26. The van der Waals surface area contributed by atoms with Gasteiger partial charge in [-0.1, -0.05) is 6.07 Å². The first-order valence-electron chi connectivity index (χ1n) is 6.46. The summed E-state index contributed by atoms with van der Waals surface area (Å²) in [4.78, 5) is 10.7. The van der Waals surface area contributed by atoms with Crippen LogP contribution in [0.15, 0.2) is 30.6 Å². The van der Waals surface area contributed by atoms with Crippen molar-refractivity contribution >= 4 is 5.82 Å². The van der Waals surface area contributed by atoms with E-state index >= 15 is 0 Å². The van der Waals surface area contributed by atoms with Gasteiger partial charge < -0.3 is 4.90 Å². The van der Waals surface area contributed by atoms with Crippen molar-refractivity contribution in [1.82, 2.24) is 9.97 Å². The molecule has 0 atom stereocenters. The second-order valence-electron chi connectivity index (χ2n) is 4.24. The minimum Gasteiger partial charge on any atom is -0.356 e. The Morgan fingerprint density at radius 2 is 2.00 bits per heavy atom. The van der Waals surface area contributed by atoms with E-state index in [1.807, 2.05) is 13.8 Å². The van der Waals surface area contributed by atoms with Gasteiger partial charge in [-0.2, -0.15) is 5.26 Å². The molecule has 0 aliphatic rings. The highest BCUT2D eigenvalue weighted by atomic mass is 19.1. The second-order valence-corrected chi connectivity index (χ2v) is 4.24.